The van der Waals surface area contributed by atoms with Gasteiger partial charge in [-0.1, -0.05) is 29.8 Å². The Labute approximate surface area is 112 Å². The molecule has 0 spiro atoms. The Morgan fingerprint density at radius 2 is 2.06 bits per heavy atom. The van der Waals surface area contributed by atoms with Crippen LogP contribution < -0.4 is 11.3 Å². The molecule has 0 fully saturated rings. The van der Waals surface area contributed by atoms with Gasteiger partial charge in [-0.3, -0.25) is 16.3 Å². The van der Waals surface area contributed by atoms with Crippen LogP contribution in [-0.2, 0) is 12.8 Å². The van der Waals surface area contributed by atoms with Gasteiger partial charge in [0.1, 0.15) is 0 Å². The Kier molecular flexibility index (Phi) is 4.70. The number of nitrogens with zero attached hydrogens (tertiary/aromatic N) is 1. The van der Waals surface area contributed by atoms with E-state index in [0.717, 1.165) is 23.6 Å². The fourth-order valence-electron chi connectivity index (χ4n) is 1.91. The van der Waals surface area contributed by atoms with Gasteiger partial charge >= 0.3 is 0 Å². The lowest BCUT2D eigenvalue weighted by atomic mass is 10.0. The second kappa shape index (κ2) is 6.50. The first-order valence-electron chi connectivity index (χ1n) is 5.88. The normalized spacial score (nSPS) is 12.3. The lowest BCUT2D eigenvalue weighted by molar-refractivity contribution is 0.517. The second-order valence-electron chi connectivity index (χ2n) is 4.22. The highest BCUT2D eigenvalue weighted by Crippen LogP contribution is 2.13. The van der Waals surface area contributed by atoms with Gasteiger partial charge in [-0.25, -0.2) is 0 Å². The van der Waals surface area contributed by atoms with Crippen LogP contribution in [0.15, 0.2) is 48.7 Å². The zero-order valence-electron chi connectivity index (χ0n) is 10.0. The minimum atomic E-state index is 0.151. The molecule has 0 radical (unpaired) electrons. The minimum absolute atomic E-state index is 0.151. The van der Waals surface area contributed by atoms with Crippen LogP contribution in [0.25, 0.3) is 0 Å². The van der Waals surface area contributed by atoms with E-state index in [2.05, 4.69) is 16.5 Å². The smallest absolute Gasteiger partial charge is 0.0419 e. The molecule has 1 aromatic heterocycles. The Bertz CT molecular complexity index is 487. The van der Waals surface area contributed by atoms with Crippen molar-refractivity contribution in [3.63, 3.8) is 0 Å². The number of nitrogens with one attached hydrogen (secondary N) is 1. The molecule has 0 saturated carbocycles. The molecule has 1 atom stereocenters. The topological polar surface area (TPSA) is 50.9 Å². The molecule has 1 heterocycles. The summed E-state index contributed by atoms with van der Waals surface area (Å²) in [6, 6.07) is 13.9. The first-order chi connectivity index (χ1) is 8.78. The van der Waals surface area contributed by atoms with Crippen LogP contribution in [0.4, 0.5) is 0 Å². The lowest BCUT2D eigenvalue weighted by Gasteiger charge is -2.15. The van der Waals surface area contributed by atoms with Gasteiger partial charge in [0, 0.05) is 29.4 Å². The molecule has 1 unspecified atom stereocenters. The summed E-state index contributed by atoms with van der Waals surface area (Å²) >= 11 is 5.97. The SMILES string of the molecule is NNC(Cc1cccc(Cl)c1)Cc1ccccn1. The van der Waals surface area contributed by atoms with Crippen molar-refractivity contribution in [2.24, 2.45) is 5.84 Å². The Morgan fingerprint density at radius 3 is 2.72 bits per heavy atom. The maximum Gasteiger partial charge on any atom is 0.0419 e. The maximum atomic E-state index is 5.97. The zero-order valence-corrected chi connectivity index (χ0v) is 10.8. The summed E-state index contributed by atoms with van der Waals surface area (Å²) in [7, 11) is 0. The van der Waals surface area contributed by atoms with Crippen molar-refractivity contribution in [3.05, 3.63) is 64.9 Å². The number of hydrogen-bond acceptors (Lipinski definition) is 3. The number of rotatable bonds is 5. The van der Waals surface area contributed by atoms with Crippen LogP contribution in [-0.4, -0.2) is 11.0 Å². The number of pyridine rings is 1. The fourth-order valence-corrected chi connectivity index (χ4v) is 2.12. The predicted molar refractivity (Wildman–Crippen MR) is 74.2 cm³/mol. The first kappa shape index (κ1) is 13.0. The average Bonchev–Trinajstić information content (AvgIpc) is 2.39. The number of aromatic nitrogens is 1. The summed E-state index contributed by atoms with van der Waals surface area (Å²) < 4.78 is 0. The summed E-state index contributed by atoms with van der Waals surface area (Å²) in [5.74, 6) is 5.60. The lowest BCUT2D eigenvalue weighted by Crippen LogP contribution is -2.38. The van der Waals surface area contributed by atoms with E-state index in [-0.39, 0.29) is 6.04 Å². The van der Waals surface area contributed by atoms with E-state index in [1.54, 1.807) is 6.20 Å². The molecule has 0 aliphatic heterocycles. The molecular weight excluding hydrogens is 246 g/mol. The monoisotopic (exact) mass is 261 g/mol. The van der Waals surface area contributed by atoms with Gasteiger partial charge in [0.15, 0.2) is 0 Å². The van der Waals surface area contributed by atoms with Crippen molar-refractivity contribution < 1.29 is 0 Å². The Morgan fingerprint density at radius 1 is 1.17 bits per heavy atom. The number of halogens is 1. The van der Waals surface area contributed by atoms with E-state index in [9.17, 15) is 0 Å². The van der Waals surface area contributed by atoms with Gasteiger partial charge in [0.05, 0.1) is 0 Å². The second-order valence-corrected chi connectivity index (χ2v) is 4.66. The number of benzene rings is 1. The third-order valence-electron chi connectivity index (χ3n) is 2.79. The Hall–Kier alpha value is -1.42. The summed E-state index contributed by atoms with van der Waals surface area (Å²) in [5, 5.41) is 0.751. The van der Waals surface area contributed by atoms with E-state index >= 15 is 0 Å². The van der Waals surface area contributed by atoms with E-state index in [1.165, 1.54) is 5.56 Å². The Balaban J connectivity index is 2.01. The fraction of sp³-hybridized carbons (Fsp3) is 0.214. The van der Waals surface area contributed by atoms with Gasteiger partial charge in [-0.05, 0) is 36.2 Å². The molecule has 0 aliphatic carbocycles. The van der Waals surface area contributed by atoms with Crippen molar-refractivity contribution >= 4 is 11.6 Å². The molecule has 2 rings (SSSR count). The van der Waals surface area contributed by atoms with Gasteiger partial charge in [-0.15, -0.1) is 0 Å². The summed E-state index contributed by atoms with van der Waals surface area (Å²) in [6.45, 7) is 0. The molecule has 94 valence electrons. The standard InChI is InChI=1S/C14H16ClN3/c15-12-5-3-4-11(8-12)9-14(18-16)10-13-6-1-2-7-17-13/h1-8,14,18H,9-10,16H2. The molecule has 4 heteroatoms. The highest BCUT2D eigenvalue weighted by molar-refractivity contribution is 6.30. The molecule has 3 N–H and O–H groups in total. The quantitative estimate of drug-likeness (QED) is 0.642. The highest BCUT2D eigenvalue weighted by atomic mass is 35.5. The molecule has 0 amide bonds. The maximum absolute atomic E-state index is 5.97. The molecule has 0 saturated heterocycles. The van der Waals surface area contributed by atoms with E-state index < -0.39 is 0 Å². The summed E-state index contributed by atoms with van der Waals surface area (Å²) in [6.07, 6.45) is 3.42. The van der Waals surface area contributed by atoms with E-state index in [4.69, 9.17) is 17.4 Å². The summed E-state index contributed by atoms with van der Waals surface area (Å²) in [5.41, 5.74) is 5.03. The average molecular weight is 262 g/mol. The van der Waals surface area contributed by atoms with Gasteiger partial charge < -0.3 is 0 Å². The van der Waals surface area contributed by atoms with Crippen LogP contribution in [0.2, 0.25) is 5.02 Å². The predicted octanol–water partition coefficient (Wildman–Crippen LogP) is 2.35. The van der Waals surface area contributed by atoms with Crippen LogP contribution in [0, 0.1) is 0 Å². The van der Waals surface area contributed by atoms with Crippen molar-refractivity contribution in [1.82, 2.24) is 10.4 Å². The molecule has 0 bridgehead atoms. The highest BCUT2D eigenvalue weighted by Gasteiger charge is 2.09. The van der Waals surface area contributed by atoms with Crippen LogP contribution in [0.5, 0.6) is 0 Å². The number of nitrogens with two attached hydrogens (primary N) is 1. The van der Waals surface area contributed by atoms with Crippen LogP contribution in [0.3, 0.4) is 0 Å². The molecular formula is C14H16ClN3. The number of hydrogen-bond donors (Lipinski definition) is 2. The van der Waals surface area contributed by atoms with Gasteiger partial charge in [0.25, 0.3) is 0 Å². The molecule has 1 aromatic carbocycles. The van der Waals surface area contributed by atoms with E-state index in [0.29, 0.717) is 0 Å². The zero-order chi connectivity index (χ0) is 12.8. The van der Waals surface area contributed by atoms with Crippen LogP contribution in [0.1, 0.15) is 11.3 Å². The largest absolute Gasteiger partial charge is 0.271 e. The number of hydrazine groups is 1. The van der Waals surface area contributed by atoms with Gasteiger partial charge in [0.2, 0.25) is 0 Å². The third-order valence-corrected chi connectivity index (χ3v) is 3.02. The van der Waals surface area contributed by atoms with Gasteiger partial charge in [-0.2, -0.15) is 0 Å². The van der Waals surface area contributed by atoms with Crippen molar-refractivity contribution in [3.8, 4) is 0 Å². The van der Waals surface area contributed by atoms with Crippen LogP contribution >= 0.6 is 11.6 Å². The van der Waals surface area contributed by atoms with Crippen molar-refractivity contribution in [2.75, 3.05) is 0 Å². The minimum Gasteiger partial charge on any atom is -0.271 e. The molecule has 2 aromatic rings. The first-order valence-corrected chi connectivity index (χ1v) is 6.26. The summed E-state index contributed by atoms with van der Waals surface area (Å²) in [4.78, 5) is 4.30. The van der Waals surface area contributed by atoms with Crippen molar-refractivity contribution in [2.45, 2.75) is 18.9 Å². The molecule has 0 aliphatic rings. The van der Waals surface area contributed by atoms with Crippen molar-refractivity contribution in [1.29, 1.82) is 0 Å². The third kappa shape index (κ3) is 3.81. The molecule has 18 heavy (non-hydrogen) atoms. The molecule has 3 nitrogen and oxygen atoms in total. The van der Waals surface area contributed by atoms with E-state index in [1.807, 2.05) is 36.4 Å².